The molecule has 1 heterocycles. The average molecular weight is 233 g/mol. The summed E-state index contributed by atoms with van der Waals surface area (Å²) in [6, 6.07) is 8.83. The van der Waals surface area contributed by atoms with Crippen molar-refractivity contribution in [2.45, 2.75) is 33.1 Å². The summed E-state index contributed by atoms with van der Waals surface area (Å²) in [4.78, 5) is 2.45. The molecule has 0 atom stereocenters. The molecule has 1 aromatic carbocycles. The zero-order valence-electron chi connectivity index (χ0n) is 10.9. The van der Waals surface area contributed by atoms with Crippen LogP contribution >= 0.6 is 0 Å². The van der Waals surface area contributed by atoms with Gasteiger partial charge in [-0.1, -0.05) is 26.0 Å². The summed E-state index contributed by atoms with van der Waals surface area (Å²) >= 11 is 0. The average Bonchev–Trinajstić information content (AvgIpc) is 2.83. The van der Waals surface area contributed by atoms with Gasteiger partial charge in [-0.2, -0.15) is 0 Å². The van der Waals surface area contributed by atoms with Crippen LogP contribution in [-0.4, -0.2) is 24.8 Å². The van der Waals surface area contributed by atoms with Crippen LogP contribution in [0.4, 0.5) is 5.69 Å². The van der Waals surface area contributed by atoms with E-state index in [4.69, 9.17) is 0 Å². The first-order chi connectivity index (χ1) is 8.11. The third-order valence-electron chi connectivity index (χ3n) is 3.52. The van der Waals surface area contributed by atoms with Gasteiger partial charge in [0.2, 0.25) is 0 Å². The second kappa shape index (κ2) is 5.09. The van der Waals surface area contributed by atoms with Gasteiger partial charge in [-0.15, -0.1) is 0 Å². The van der Waals surface area contributed by atoms with Crippen LogP contribution in [0.1, 0.15) is 32.3 Å². The predicted molar refractivity (Wildman–Crippen MR) is 72.5 cm³/mol. The van der Waals surface area contributed by atoms with E-state index in [1.54, 1.807) is 0 Å². The molecule has 0 unspecified atom stereocenters. The highest BCUT2D eigenvalue weighted by atomic mass is 16.3. The summed E-state index contributed by atoms with van der Waals surface area (Å²) in [5, 5.41) is 9.27. The number of nitrogens with zero attached hydrogens (tertiary/aromatic N) is 1. The molecule has 0 amide bonds. The van der Waals surface area contributed by atoms with Gasteiger partial charge in [0.1, 0.15) is 0 Å². The standard InChI is InChI=1S/C15H23NO/c1-15(2,12-17)11-13-5-7-14(8-6-13)16-9-3-4-10-16/h5-8,17H,3-4,9-12H2,1-2H3. The molecule has 1 fully saturated rings. The molecule has 17 heavy (non-hydrogen) atoms. The second-order valence-corrected chi connectivity index (χ2v) is 5.86. The minimum atomic E-state index is -0.0187. The number of aliphatic hydroxyl groups excluding tert-OH is 1. The smallest absolute Gasteiger partial charge is 0.0485 e. The number of aliphatic hydroxyl groups is 1. The van der Waals surface area contributed by atoms with Crippen molar-refractivity contribution in [3.8, 4) is 0 Å². The fourth-order valence-corrected chi connectivity index (χ4v) is 2.41. The lowest BCUT2D eigenvalue weighted by Gasteiger charge is -2.22. The number of rotatable bonds is 4. The quantitative estimate of drug-likeness (QED) is 0.864. The van der Waals surface area contributed by atoms with E-state index >= 15 is 0 Å². The number of hydrogen-bond acceptors (Lipinski definition) is 2. The van der Waals surface area contributed by atoms with E-state index in [0.29, 0.717) is 0 Å². The Morgan fingerprint density at radius 3 is 2.24 bits per heavy atom. The number of benzene rings is 1. The molecule has 1 aromatic rings. The topological polar surface area (TPSA) is 23.5 Å². The zero-order valence-corrected chi connectivity index (χ0v) is 10.9. The fraction of sp³-hybridized carbons (Fsp3) is 0.600. The third-order valence-corrected chi connectivity index (χ3v) is 3.52. The molecule has 2 heteroatoms. The lowest BCUT2D eigenvalue weighted by atomic mass is 9.87. The molecule has 1 aliphatic rings. The monoisotopic (exact) mass is 233 g/mol. The summed E-state index contributed by atoms with van der Waals surface area (Å²) in [6.07, 6.45) is 3.57. The van der Waals surface area contributed by atoms with Crippen molar-refractivity contribution >= 4 is 5.69 Å². The Kier molecular flexibility index (Phi) is 3.72. The number of anilines is 1. The van der Waals surface area contributed by atoms with Gasteiger partial charge >= 0.3 is 0 Å². The van der Waals surface area contributed by atoms with Crippen LogP contribution < -0.4 is 4.90 Å². The molecule has 0 spiro atoms. The van der Waals surface area contributed by atoms with Crippen LogP contribution in [0.3, 0.4) is 0 Å². The van der Waals surface area contributed by atoms with Gasteiger partial charge in [0.25, 0.3) is 0 Å². The Bertz CT molecular complexity index is 350. The van der Waals surface area contributed by atoms with E-state index in [-0.39, 0.29) is 12.0 Å². The van der Waals surface area contributed by atoms with Crippen molar-refractivity contribution in [3.05, 3.63) is 29.8 Å². The Balaban J connectivity index is 2.02. The maximum atomic E-state index is 9.27. The Morgan fingerprint density at radius 1 is 1.12 bits per heavy atom. The normalized spacial score (nSPS) is 16.5. The predicted octanol–water partition coefficient (Wildman–Crippen LogP) is 2.85. The van der Waals surface area contributed by atoms with Gasteiger partial charge in [0.15, 0.2) is 0 Å². The SMILES string of the molecule is CC(C)(CO)Cc1ccc(N2CCCC2)cc1. The van der Waals surface area contributed by atoms with E-state index in [0.717, 1.165) is 6.42 Å². The Morgan fingerprint density at radius 2 is 1.71 bits per heavy atom. The van der Waals surface area contributed by atoms with Crippen molar-refractivity contribution in [1.29, 1.82) is 0 Å². The second-order valence-electron chi connectivity index (χ2n) is 5.86. The molecule has 1 aliphatic heterocycles. The van der Waals surface area contributed by atoms with Crippen molar-refractivity contribution in [2.24, 2.45) is 5.41 Å². The molecule has 1 N–H and O–H groups in total. The summed E-state index contributed by atoms with van der Waals surface area (Å²) < 4.78 is 0. The Labute approximate surface area is 104 Å². The van der Waals surface area contributed by atoms with Gasteiger partial charge in [-0.25, -0.2) is 0 Å². The summed E-state index contributed by atoms with van der Waals surface area (Å²) in [5.41, 5.74) is 2.63. The van der Waals surface area contributed by atoms with Crippen LogP contribution in [0.15, 0.2) is 24.3 Å². The maximum Gasteiger partial charge on any atom is 0.0485 e. The van der Waals surface area contributed by atoms with E-state index in [2.05, 4.69) is 43.0 Å². The first-order valence-corrected chi connectivity index (χ1v) is 6.55. The molecule has 0 bridgehead atoms. The van der Waals surface area contributed by atoms with Crippen LogP contribution in [0.25, 0.3) is 0 Å². The molecule has 0 aliphatic carbocycles. The number of hydrogen-bond donors (Lipinski definition) is 1. The van der Waals surface area contributed by atoms with Crippen molar-refractivity contribution in [2.75, 3.05) is 24.6 Å². The van der Waals surface area contributed by atoms with Crippen molar-refractivity contribution in [3.63, 3.8) is 0 Å². The highest BCUT2D eigenvalue weighted by Crippen LogP contribution is 2.24. The van der Waals surface area contributed by atoms with Crippen LogP contribution in [0.2, 0.25) is 0 Å². The van der Waals surface area contributed by atoms with Crippen molar-refractivity contribution in [1.82, 2.24) is 0 Å². The molecule has 0 aromatic heterocycles. The summed E-state index contributed by atoms with van der Waals surface area (Å²) in [7, 11) is 0. The Hall–Kier alpha value is -1.02. The first kappa shape index (κ1) is 12.4. The highest BCUT2D eigenvalue weighted by Gasteiger charge is 2.17. The van der Waals surface area contributed by atoms with E-state index in [1.165, 1.54) is 37.2 Å². The van der Waals surface area contributed by atoms with Crippen LogP contribution in [0.5, 0.6) is 0 Å². The molecular weight excluding hydrogens is 210 g/mol. The van der Waals surface area contributed by atoms with Crippen LogP contribution in [-0.2, 0) is 6.42 Å². The highest BCUT2D eigenvalue weighted by molar-refractivity contribution is 5.48. The minimum absolute atomic E-state index is 0.0187. The van der Waals surface area contributed by atoms with E-state index in [9.17, 15) is 5.11 Å². The van der Waals surface area contributed by atoms with Gasteiger partial charge < -0.3 is 10.0 Å². The zero-order chi connectivity index (χ0) is 12.3. The molecule has 94 valence electrons. The van der Waals surface area contributed by atoms with E-state index < -0.39 is 0 Å². The summed E-state index contributed by atoms with van der Waals surface area (Å²) in [6.45, 7) is 6.83. The molecule has 1 saturated heterocycles. The largest absolute Gasteiger partial charge is 0.396 e. The van der Waals surface area contributed by atoms with Gasteiger partial charge in [0.05, 0.1) is 0 Å². The summed E-state index contributed by atoms with van der Waals surface area (Å²) in [5.74, 6) is 0. The first-order valence-electron chi connectivity index (χ1n) is 6.55. The van der Waals surface area contributed by atoms with Gasteiger partial charge in [-0.3, -0.25) is 0 Å². The van der Waals surface area contributed by atoms with Gasteiger partial charge in [0, 0.05) is 25.4 Å². The third kappa shape index (κ3) is 3.22. The molecule has 2 rings (SSSR count). The van der Waals surface area contributed by atoms with Crippen molar-refractivity contribution < 1.29 is 5.11 Å². The minimum Gasteiger partial charge on any atom is -0.396 e. The van der Waals surface area contributed by atoms with Crippen LogP contribution in [0, 0.1) is 5.41 Å². The fourth-order valence-electron chi connectivity index (χ4n) is 2.41. The molecule has 0 saturated carbocycles. The lowest BCUT2D eigenvalue weighted by molar-refractivity contribution is 0.159. The molecule has 2 nitrogen and oxygen atoms in total. The van der Waals surface area contributed by atoms with E-state index in [1.807, 2.05) is 0 Å². The lowest BCUT2D eigenvalue weighted by Crippen LogP contribution is -2.20. The maximum absolute atomic E-state index is 9.27. The molecule has 0 radical (unpaired) electrons. The van der Waals surface area contributed by atoms with Gasteiger partial charge in [-0.05, 0) is 42.4 Å². The molecular formula is C15H23NO.